The second kappa shape index (κ2) is 9.27. The van der Waals surface area contributed by atoms with Gasteiger partial charge in [0.05, 0.1) is 15.3 Å². The monoisotopic (exact) mass is 495 g/mol. The topological polar surface area (TPSA) is 88.5 Å². The maximum atomic E-state index is 13.6. The second-order valence-electron chi connectivity index (χ2n) is 7.56. The molecule has 1 aliphatic heterocycles. The molecule has 4 rings (SSSR count). The normalized spacial score (nSPS) is 15.8. The lowest BCUT2D eigenvalue weighted by Crippen LogP contribution is -2.43. The Labute approximate surface area is 195 Å². The first-order chi connectivity index (χ1) is 14.7. The van der Waals surface area contributed by atoms with E-state index in [2.05, 4.69) is 16.8 Å². The van der Waals surface area contributed by atoms with Crippen LogP contribution >= 0.6 is 12.4 Å². The number of sulfone groups is 2. The van der Waals surface area contributed by atoms with Gasteiger partial charge in [-0.3, -0.25) is 0 Å². The van der Waals surface area contributed by atoms with Gasteiger partial charge in [0.25, 0.3) is 0 Å². The van der Waals surface area contributed by atoms with Gasteiger partial charge in [-0.05, 0) is 30.3 Å². The van der Waals surface area contributed by atoms with E-state index >= 15 is 0 Å². The summed E-state index contributed by atoms with van der Waals surface area (Å²) in [6.07, 6.45) is 4.07. The summed E-state index contributed by atoms with van der Waals surface area (Å²) in [7, 11) is -7.80. The van der Waals surface area contributed by atoms with E-state index in [1.165, 1.54) is 30.3 Å². The van der Waals surface area contributed by atoms with Crippen LogP contribution in [0.5, 0.6) is 0 Å². The van der Waals surface area contributed by atoms with E-state index in [-0.39, 0.29) is 22.2 Å². The minimum absolute atomic E-state index is 0. The summed E-state index contributed by atoms with van der Waals surface area (Å²) in [5, 5.41) is 3.13. The van der Waals surface area contributed by atoms with Crippen LogP contribution in [0.2, 0.25) is 0 Å². The quantitative estimate of drug-likeness (QED) is 0.529. The van der Waals surface area contributed by atoms with Crippen molar-refractivity contribution in [3.8, 4) is 0 Å². The van der Waals surface area contributed by atoms with Gasteiger partial charge in [0.15, 0.2) is 15.2 Å². The SMILES string of the molecule is C=CC(n1ccc2c(N3CCNCC3)cccc21)S(=O)(=O)c1ccccc1S(C)(=O)=O.Cl. The highest BCUT2D eigenvalue weighted by Gasteiger charge is 2.32. The van der Waals surface area contributed by atoms with Gasteiger partial charge in [-0.1, -0.05) is 30.9 Å². The molecule has 0 spiro atoms. The zero-order chi connectivity index (χ0) is 22.2. The third-order valence-corrected chi connectivity index (χ3v) is 8.86. The minimum atomic E-state index is -4.07. The Hall–Kier alpha value is -2.33. The van der Waals surface area contributed by atoms with Crippen LogP contribution < -0.4 is 10.2 Å². The van der Waals surface area contributed by atoms with E-state index in [1.54, 1.807) is 10.8 Å². The number of fused-ring (bicyclic) bond motifs is 1. The standard InChI is InChI=1S/C22H25N3O4S2.ClH/c1-3-22(31(28,29)21-10-5-4-9-20(21)30(2,26)27)25-14-11-17-18(7-6-8-19(17)25)24-15-12-23-13-16-24;/h3-11,14,22-23H,1,12-13,15-16H2,2H3;1H. The van der Waals surface area contributed by atoms with Crippen LogP contribution in [-0.4, -0.2) is 53.8 Å². The molecule has 1 N–H and O–H groups in total. The number of nitrogens with zero attached hydrogens (tertiary/aromatic N) is 2. The van der Waals surface area contributed by atoms with Crippen molar-refractivity contribution in [3.63, 3.8) is 0 Å². The van der Waals surface area contributed by atoms with Crippen molar-refractivity contribution in [1.82, 2.24) is 9.88 Å². The zero-order valence-corrected chi connectivity index (χ0v) is 20.1. The van der Waals surface area contributed by atoms with Gasteiger partial charge in [-0.15, -0.1) is 12.4 Å². The average molecular weight is 496 g/mol. The number of piperazine rings is 1. The van der Waals surface area contributed by atoms with Gasteiger partial charge in [0.2, 0.25) is 9.84 Å². The van der Waals surface area contributed by atoms with Crippen LogP contribution in [-0.2, 0) is 19.7 Å². The molecule has 7 nitrogen and oxygen atoms in total. The molecule has 0 bridgehead atoms. The van der Waals surface area contributed by atoms with Crippen molar-refractivity contribution in [2.24, 2.45) is 0 Å². The minimum Gasteiger partial charge on any atom is -0.368 e. The largest absolute Gasteiger partial charge is 0.368 e. The Bertz CT molecular complexity index is 1340. The van der Waals surface area contributed by atoms with Crippen LogP contribution in [0.15, 0.2) is 77.2 Å². The fraction of sp³-hybridized carbons (Fsp3) is 0.273. The molecular weight excluding hydrogens is 470 g/mol. The van der Waals surface area contributed by atoms with E-state index < -0.39 is 25.0 Å². The Morgan fingerprint density at radius 1 is 0.969 bits per heavy atom. The molecule has 1 aliphatic rings. The van der Waals surface area contributed by atoms with Crippen molar-refractivity contribution in [2.75, 3.05) is 37.3 Å². The van der Waals surface area contributed by atoms with Gasteiger partial charge in [0, 0.05) is 49.7 Å². The van der Waals surface area contributed by atoms with E-state index in [1.807, 2.05) is 24.3 Å². The number of hydrogen-bond donors (Lipinski definition) is 1. The molecular formula is C22H26ClN3O4S2. The van der Waals surface area contributed by atoms with Crippen molar-refractivity contribution in [3.05, 3.63) is 67.4 Å². The molecule has 2 aromatic carbocycles. The molecule has 1 fully saturated rings. The molecule has 0 aliphatic carbocycles. The molecule has 32 heavy (non-hydrogen) atoms. The molecule has 10 heteroatoms. The number of benzene rings is 2. The summed E-state index contributed by atoms with van der Waals surface area (Å²) in [5.74, 6) is 0. The Balaban J connectivity index is 0.00000289. The molecule has 172 valence electrons. The molecule has 1 saturated heterocycles. The van der Waals surface area contributed by atoms with Crippen molar-refractivity contribution in [2.45, 2.75) is 15.2 Å². The molecule has 0 amide bonds. The summed E-state index contributed by atoms with van der Waals surface area (Å²) in [6.45, 7) is 7.28. The molecule has 2 heterocycles. The molecule has 0 saturated carbocycles. The molecule has 1 aromatic heterocycles. The van der Waals surface area contributed by atoms with Crippen molar-refractivity contribution >= 4 is 48.7 Å². The number of hydrogen-bond acceptors (Lipinski definition) is 6. The zero-order valence-electron chi connectivity index (χ0n) is 17.6. The van der Waals surface area contributed by atoms with E-state index in [0.29, 0.717) is 0 Å². The summed E-state index contributed by atoms with van der Waals surface area (Å²) in [6, 6.07) is 13.4. The van der Waals surface area contributed by atoms with Crippen LogP contribution in [0.25, 0.3) is 10.9 Å². The second-order valence-corrected chi connectivity index (χ2v) is 11.6. The summed E-state index contributed by atoms with van der Waals surface area (Å²) < 4.78 is 53.3. The van der Waals surface area contributed by atoms with Crippen molar-refractivity contribution < 1.29 is 16.8 Å². The van der Waals surface area contributed by atoms with Gasteiger partial charge < -0.3 is 14.8 Å². The molecule has 0 radical (unpaired) electrons. The first-order valence-corrected chi connectivity index (χ1v) is 13.4. The van der Waals surface area contributed by atoms with Gasteiger partial charge in [-0.25, -0.2) is 16.8 Å². The molecule has 1 unspecified atom stereocenters. The average Bonchev–Trinajstić information content (AvgIpc) is 3.18. The Morgan fingerprint density at radius 3 is 2.25 bits per heavy atom. The lowest BCUT2D eigenvalue weighted by atomic mass is 10.2. The Morgan fingerprint density at radius 2 is 1.62 bits per heavy atom. The molecule has 1 atom stereocenters. The number of anilines is 1. The van der Waals surface area contributed by atoms with Gasteiger partial charge >= 0.3 is 0 Å². The lowest BCUT2D eigenvalue weighted by Gasteiger charge is -2.30. The number of nitrogens with one attached hydrogen (secondary N) is 1. The van der Waals surface area contributed by atoms with Crippen LogP contribution in [0.4, 0.5) is 5.69 Å². The number of halogens is 1. The van der Waals surface area contributed by atoms with E-state index in [0.717, 1.165) is 49.0 Å². The predicted octanol–water partition coefficient (Wildman–Crippen LogP) is 3.03. The maximum Gasteiger partial charge on any atom is 0.204 e. The lowest BCUT2D eigenvalue weighted by molar-refractivity contribution is 0.568. The van der Waals surface area contributed by atoms with Gasteiger partial charge in [-0.2, -0.15) is 0 Å². The highest BCUT2D eigenvalue weighted by Crippen LogP contribution is 2.35. The third kappa shape index (κ3) is 4.30. The highest BCUT2D eigenvalue weighted by atomic mass is 35.5. The highest BCUT2D eigenvalue weighted by molar-refractivity contribution is 7.94. The maximum absolute atomic E-state index is 13.6. The van der Waals surface area contributed by atoms with Crippen LogP contribution in [0.1, 0.15) is 5.37 Å². The van der Waals surface area contributed by atoms with Crippen molar-refractivity contribution in [1.29, 1.82) is 0 Å². The van der Waals surface area contributed by atoms with E-state index in [4.69, 9.17) is 0 Å². The summed E-state index contributed by atoms with van der Waals surface area (Å²) >= 11 is 0. The number of aromatic nitrogens is 1. The van der Waals surface area contributed by atoms with Crippen LogP contribution in [0.3, 0.4) is 0 Å². The van der Waals surface area contributed by atoms with Crippen LogP contribution in [0, 0.1) is 0 Å². The first kappa shape index (κ1) is 24.3. The summed E-state index contributed by atoms with van der Waals surface area (Å²) in [4.78, 5) is 1.85. The third-order valence-electron chi connectivity index (χ3n) is 5.55. The summed E-state index contributed by atoms with van der Waals surface area (Å²) in [5.41, 5.74) is 1.80. The molecule has 3 aromatic rings. The Kier molecular flexibility index (Phi) is 7.04. The predicted molar refractivity (Wildman–Crippen MR) is 130 cm³/mol. The first-order valence-electron chi connectivity index (χ1n) is 9.96. The van der Waals surface area contributed by atoms with Gasteiger partial charge in [0.1, 0.15) is 0 Å². The van der Waals surface area contributed by atoms with E-state index in [9.17, 15) is 16.8 Å². The number of rotatable bonds is 6. The fourth-order valence-corrected chi connectivity index (χ4v) is 7.26. The smallest absolute Gasteiger partial charge is 0.204 e. The fourth-order valence-electron chi connectivity index (χ4n) is 4.09.